The third-order valence-electron chi connectivity index (χ3n) is 3.34. The normalized spacial score (nSPS) is 17.0. The van der Waals surface area contributed by atoms with E-state index in [0.29, 0.717) is 11.0 Å². The summed E-state index contributed by atoms with van der Waals surface area (Å²) in [5.41, 5.74) is 3.29. The number of aryl methyl sites for hydroxylation is 2. The van der Waals surface area contributed by atoms with E-state index in [2.05, 4.69) is 25.1 Å². The Bertz CT molecular complexity index is 647. The van der Waals surface area contributed by atoms with Crippen molar-refractivity contribution < 1.29 is 4.79 Å². The second-order valence-corrected chi connectivity index (χ2v) is 7.90. The Morgan fingerprint density at radius 2 is 1.60 bits per heavy atom. The van der Waals surface area contributed by atoms with Gasteiger partial charge in [0.05, 0.1) is 4.58 Å². The van der Waals surface area contributed by atoms with E-state index in [4.69, 9.17) is 0 Å². The van der Waals surface area contributed by atoms with Crippen molar-refractivity contribution in [1.82, 2.24) is 0 Å². The van der Waals surface area contributed by atoms with Crippen molar-refractivity contribution in [2.24, 2.45) is 0 Å². The standard InChI is InChI=1S/C17H16OS2/c1-11-3-6-13(7-4-11)14(18)10-17-19-15-8-5-12(2)9-16(15)20-17/h3-9,17H,10H2,1-2H3/t17-/m1/s1. The highest BCUT2D eigenvalue weighted by Crippen LogP contribution is 2.49. The molecule has 0 N–H and O–H groups in total. The van der Waals surface area contributed by atoms with Crippen molar-refractivity contribution in [3.05, 3.63) is 59.2 Å². The van der Waals surface area contributed by atoms with Crippen LogP contribution < -0.4 is 0 Å². The number of Topliss-reactive ketones (excluding diaryl/α,β-unsaturated/α-hetero) is 1. The van der Waals surface area contributed by atoms with E-state index in [9.17, 15) is 4.79 Å². The van der Waals surface area contributed by atoms with Crippen LogP contribution in [-0.4, -0.2) is 10.4 Å². The molecular formula is C17H16OS2. The minimum Gasteiger partial charge on any atom is -0.294 e. The molecule has 0 bridgehead atoms. The number of benzene rings is 2. The number of thioether (sulfide) groups is 2. The minimum absolute atomic E-state index is 0.236. The van der Waals surface area contributed by atoms with Gasteiger partial charge < -0.3 is 0 Å². The molecule has 0 radical (unpaired) electrons. The van der Waals surface area contributed by atoms with Crippen molar-refractivity contribution in [2.75, 3.05) is 0 Å². The molecule has 2 aromatic carbocycles. The first-order valence-corrected chi connectivity index (χ1v) is 8.41. The van der Waals surface area contributed by atoms with Crippen LogP contribution in [0.2, 0.25) is 0 Å². The van der Waals surface area contributed by atoms with Gasteiger partial charge in [-0.1, -0.05) is 35.9 Å². The summed E-state index contributed by atoms with van der Waals surface area (Å²) in [4.78, 5) is 14.9. The molecule has 0 fully saturated rings. The fraction of sp³-hybridized carbons (Fsp3) is 0.235. The molecule has 3 heteroatoms. The van der Waals surface area contributed by atoms with E-state index in [1.165, 1.54) is 20.9 Å². The fourth-order valence-corrected chi connectivity index (χ4v) is 5.10. The van der Waals surface area contributed by atoms with Crippen molar-refractivity contribution in [3.8, 4) is 0 Å². The first-order chi connectivity index (χ1) is 9.61. The molecule has 102 valence electrons. The predicted octanol–water partition coefficient (Wildman–Crippen LogP) is 5.10. The molecule has 1 nitrogen and oxygen atoms in total. The van der Waals surface area contributed by atoms with Gasteiger partial charge in [0, 0.05) is 21.8 Å². The molecule has 2 aromatic rings. The maximum absolute atomic E-state index is 12.3. The van der Waals surface area contributed by atoms with Gasteiger partial charge in [0.1, 0.15) is 0 Å². The molecule has 0 saturated heterocycles. The summed E-state index contributed by atoms with van der Waals surface area (Å²) in [5, 5.41) is 0. The summed E-state index contributed by atoms with van der Waals surface area (Å²) in [7, 11) is 0. The Morgan fingerprint density at radius 3 is 2.35 bits per heavy atom. The molecule has 1 aliphatic heterocycles. The number of carbonyl (C=O) groups excluding carboxylic acids is 1. The maximum atomic E-state index is 12.3. The molecule has 0 saturated carbocycles. The van der Waals surface area contributed by atoms with Crippen molar-refractivity contribution in [2.45, 2.75) is 34.6 Å². The molecule has 1 heterocycles. The lowest BCUT2D eigenvalue weighted by Crippen LogP contribution is -2.05. The highest BCUT2D eigenvalue weighted by atomic mass is 32.2. The summed E-state index contributed by atoms with van der Waals surface area (Å²) >= 11 is 3.63. The Hall–Kier alpha value is -1.19. The molecule has 0 amide bonds. The molecule has 3 rings (SSSR count). The summed E-state index contributed by atoms with van der Waals surface area (Å²) in [5.74, 6) is 0.236. The van der Waals surface area contributed by atoms with Gasteiger partial charge in [0.25, 0.3) is 0 Å². The van der Waals surface area contributed by atoms with Gasteiger partial charge in [-0.05, 0) is 31.5 Å². The molecule has 0 aliphatic carbocycles. The Morgan fingerprint density at radius 1 is 0.950 bits per heavy atom. The molecule has 1 atom stereocenters. The van der Waals surface area contributed by atoms with Crippen LogP contribution in [-0.2, 0) is 0 Å². The molecule has 1 aliphatic rings. The summed E-state index contributed by atoms with van der Waals surface area (Å²) in [6, 6.07) is 14.4. The van der Waals surface area contributed by atoms with Crippen LogP contribution in [0.4, 0.5) is 0 Å². The van der Waals surface area contributed by atoms with Crippen molar-refractivity contribution in [3.63, 3.8) is 0 Å². The highest BCUT2D eigenvalue weighted by Gasteiger charge is 2.25. The number of hydrogen-bond acceptors (Lipinski definition) is 3. The quantitative estimate of drug-likeness (QED) is 0.734. The zero-order chi connectivity index (χ0) is 14.1. The maximum Gasteiger partial charge on any atom is 0.164 e. The second kappa shape index (κ2) is 5.66. The number of carbonyl (C=O) groups is 1. The van der Waals surface area contributed by atoms with E-state index in [0.717, 1.165) is 5.56 Å². The smallest absolute Gasteiger partial charge is 0.164 e. The van der Waals surface area contributed by atoms with Gasteiger partial charge in [-0.25, -0.2) is 0 Å². The first kappa shape index (κ1) is 13.8. The molecule has 0 unspecified atom stereocenters. The highest BCUT2D eigenvalue weighted by molar-refractivity contribution is 8.19. The van der Waals surface area contributed by atoms with E-state index in [1.807, 2.05) is 54.7 Å². The van der Waals surface area contributed by atoms with Crippen LogP contribution in [0.3, 0.4) is 0 Å². The number of fused-ring (bicyclic) bond motifs is 1. The zero-order valence-corrected chi connectivity index (χ0v) is 13.2. The third kappa shape index (κ3) is 2.94. The molecule has 20 heavy (non-hydrogen) atoms. The van der Waals surface area contributed by atoms with Crippen LogP contribution >= 0.6 is 23.5 Å². The number of hydrogen-bond donors (Lipinski definition) is 0. The topological polar surface area (TPSA) is 17.1 Å². The van der Waals surface area contributed by atoms with Gasteiger partial charge in [0.15, 0.2) is 5.78 Å². The summed E-state index contributed by atoms with van der Waals surface area (Å²) in [6.07, 6.45) is 0.589. The SMILES string of the molecule is Cc1ccc(C(=O)C[C@@H]2Sc3ccc(C)cc3S2)cc1. The average Bonchev–Trinajstić information content (AvgIpc) is 2.80. The lowest BCUT2D eigenvalue weighted by atomic mass is 10.1. The lowest BCUT2D eigenvalue weighted by Gasteiger charge is -2.07. The molecule has 0 spiro atoms. The van der Waals surface area contributed by atoms with E-state index < -0.39 is 0 Å². The van der Waals surface area contributed by atoms with Gasteiger partial charge in [-0.2, -0.15) is 0 Å². The average molecular weight is 300 g/mol. The number of ketones is 1. The third-order valence-corrected chi connectivity index (χ3v) is 6.11. The van der Waals surface area contributed by atoms with Gasteiger partial charge in [-0.3, -0.25) is 4.79 Å². The first-order valence-electron chi connectivity index (χ1n) is 6.65. The molecule has 0 aromatic heterocycles. The monoisotopic (exact) mass is 300 g/mol. The Balaban J connectivity index is 1.68. The summed E-state index contributed by atoms with van der Waals surface area (Å²) in [6.45, 7) is 4.15. The predicted molar refractivity (Wildman–Crippen MR) is 86.8 cm³/mol. The van der Waals surface area contributed by atoms with Gasteiger partial charge in [0.2, 0.25) is 0 Å². The van der Waals surface area contributed by atoms with Crippen LogP contribution in [0.5, 0.6) is 0 Å². The Labute approximate surface area is 128 Å². The van der Waals surface area contributed by atoms with Crippen LogP contribution in [0.1, 0.15) is 27.9 Å². The largest absolute Gasteiger partial charge is 0.294 e. The second-order valence-electron chi connectivity index (χ2n) is 5.11. The van der Waals surface area contributed by atoms with Gasteiger partial charge in [-0.15, -0.1) is 23.5 Å². The molecular weight excluding hydrogens is 284 g/mol. The Kier molecular flexibility index (Phi) is 3.90. The fourth-order valence-electron chi connectivity index (χ4n) is 2.20. The van der Waals surface area contributed by atoms with Crippen LogP contribution in [0, 0.1) is 13.8 Å². The van der Waals surface area contributed by atoms with Crippen molar-refractivity contribution in [1.29, 1.82) is 0 Å². The van der Waals surface area contributed by atoms with Crippen LogP contribution in [0.25, 0.3) is 0 Å². The van der Waals surface area contributed by atoms with Crippen LogP contribution in [0.15, 0.2) is 52.3 Å². The van der Waals surface area contributed by atoms with E-state index >= 15 is 0 Å². The summed E-state index contributed by atoms with van der Waals surface area (Å²) < 4.78 is 0.306. The lowest BCUT2D eigenvalue weighted by molar-refractivity contribution is 0.0987. The van der Waals surface area contributed by atoms with E-state index in [-0.39, 0.29) is 5.78 Å². The zero-order valence-electron chi connectivity index (χ0n) is 11.6. The van der Waals surface area contributed by atoms with Gasteiger partial charge >= 0.3 is 0 Å². The number of rotatable bonds is 3. The minimum atomic E-state index is 0.236. The van der Waals surface area contributed by atoms with Crippen molar-refractivity contribution >= 4 is 29.3 Å². The van der Waals surface area contributed by atoms with E-state index in [1.54, 1.807) is 0 Å².